The number of benzene rings is 1. The largest absolute Gasteiger partial charge is 0.454 e. The van der Waals surface area contributed by atoms with Crippen molar-refractivity contribution < 1.29 is 18.3 Å². The molecule has 0 fully saturated rings. The molecule has 3 N–H and O–H groups in total. The molecule has 10 heteroatoms. The second-order valence-corrected chi connectivity index (χ2v) is 7.28. The van der Waals surface area contributed by atoms with Gasteiger partial charge in [-0.1, -0.05) is 0 Å². The summed E-state index contributed by atoms with van der Waals surface area (Å²) in [4.78, 5) is 13.9. The fraction of sp³-hybridized carbons (Fsp3) is 0.222. The third-order valence-electron chi connectivity index (χ3n) is 4.36. The molecule has 0 spiro atoms. The zero-order valence-corrected chi connectivity index (χ0v) is 15.4. The molecule has 3 aromatic rings. The number of H-pyrrole nitrogens is 1. The number of halogens is 2. The quantitative estimate of drug-likeness (QED) is 0.656. The highest BCUT2D eigenvalue weighted by atomic mass is 32.1. The van der Waals surface area contributed by atoms with Crippen molar-refractivity contribution in [3.8, 4) is 21.9 Å². The van der Waals surface area contributed by atoms with Gasteiger partial charge in [0, 0.05) is 28.3 Å². The molecule has 0 unspecified atom stereocenters. The third-order valence-corrected chi connectivity index (χ3v) is 5.47. The second kappa shape index (κ2) is 7.56. The number of nitrogens with two attached hydrogens (primary N) is 1. The van der Waals surface area contributed by atoms with Gasteiger partial charge < -0.3 is 15.2 Å². The number of rotatable bonds is 6. The van der Waals surface area contributed by atoms with Crippen LogP contribution >= 0.6 is 11.3 Å². The number of aromatic nitrogens is 3. The van der Waals surface area contributed by atoms with Crippen LogP contribution in [0.25, 0.3) is 10.4 Å². The van der Waals surface area contributed by atoms with Crippen molar-refractivity contribution in [2.75, 3.05) is 13.3 Å². The minimum absolute atomic E-state index is 0.183. The number of nitrogens with one attached hydrogen (secondary N) is 1. The van der Waals surface area contributed by atoms with Crippen LogP contribution in [0, 0.1) is 0 Å². The van der Waals surface area contributed by atoms with Gasteiger partial charge in [0.1, 0.15) is 5.82 Å². The van der Waals surface area contributed by atoms with Crippen LogP contribution in [0.5, 0.6) is 11.5 Å². The van der Waals surface area contributed by atoms with Gasteiger partial charge in [-0.15, -0.1) is 11.3 Å². The molecular weight excluding hydrogens is 390 g/mol. The lowest BCUT2D eigenvalue weighted by molar-refractivity contribution is 0.174. The fourth-order valence-electron chi connectivity index (χ4n) is 2.88. The molecule has 0 aliphatic carbocycles. The van der Waals surface area contributed by atoms with Crippen LogP contribution in [-0.4, -0.2) is 28.1 Å². The lowest BCUT2D eigenvalue weighted by atomic mass is 10.1. The predicted octanol–water partition coefficient (Wildman–Crippen LogP) is 2.73. The molecular formula is C18H16F2N4O3S. The summed E-state index contributed by atoms with van der Waals surface area (Å²) in [5.74, 6) is 1.62. The molecule has 28 heavy (non-hydrogen) atoms. The topological polar surface area (TPSA) is 95.2 Å². The van der Waals surface area contributed by atoms with E-state index < -0.39 is 11.8 Å². The van der Waals surface area contributed by atoms with Crippen molar-refractivity contribution in [1.29, 1.82) is 0 Å². The van der Waals surface area contributed by atoms with Gasteiger partial charge in [0.25, 0.3) is 6.08 Å². The van der Waals surface area contributed by atoms with Gasteiger partial charge in [-0.05, 0) is 35.9 Å². The van der Waals surface area contributed by atoms with Crippen LogP contribution in [0.1, 0.15) is 10.7 Å². The van der Waals surface area contributed by atoms with Crippen molar-refractivity contribution >= 4 is 11.3 Å². The summed E-state index contributed by atoms with van der Waals surface area (Å²) >= 11 is 1.50. The summed E-state index contributed by atoms with van der Waals surface area (Å²) in [6, 6.07) is 9.51. The summed E-state index contributed by atoms with van der Waals surface area (Å²) in [7, 11) is 0. The summed E-state index contributed by atoms with van der Waals surface area (Å²) in [5.41, 5.74) is 5.62. The lowest BCUT2D eigenvalue weighted by Gasteiger charge is -2.06. The Morgan fingerprint density at radius 3 is 2.86 bits per heavy atom. The Hall–Kier alpha value is -2.98. The van der Waals surface area contributed by atoms with Gasteiger partial charge in [0.15, 0.2) is 11.5 Å². The zero-order valence-electron chi connectivity index (χ0n) is 14.6. The molecule has 0 amide bonds. The van der Waals surface area contributed by atoms with E-state index >= 15 is 0 Å². The number of hydrogen-bond donors (Lipinski definition) is 2. The smallest absolute Gasteiger partial charge is 0.343 e. The number of ether oxygens (including phenoxy) is 2. The lowest BCUT2D eigenvalue weighted by Crippen LogP contribution is -2.20. The van der Waals surface area contributed by atoms with E-state index in [9.17, 15) is 13.6 Å². The number of thiophene rings is 1. The van der Waals surface area contributed by atoms with Crippen molar-refractivity contribution in [2.45, 2.75) is 13.0 Å². The van der Waals surface area contributed by atoms with Crippen LogP contribution in [0.4, 0.5) is 8.78 Å². The standard InChI is InChI=1S/C18H16F2N4O3S/c19-17(20)11(7-21)6-16-22-23-18(25)24(16)8-12-2-4-15(28-12)10-1-3-13-14(5-10)27-9-26-13/h1-5H,6-9,21H2,(H,23,25). The first kappa shape index (κ1) is 18.4. The molecule has 1 aromatic carbocycles. The first-order valence-electron chi connectivity index (χ1n) is 8.41. The van der Waals surface area contributed by atoms with Crippen LogP contribution in [0.2, 0.25) is 0 Å². The summed E-state index contributed by atoms with van der Waals surface area (Å²) in [6.07, 6.45) is -2.02. The third kappa shape index (κ3) is 3.56. The van der Waals surface area contributed by atoms with E-state index in [1.54, 1.807) is 0 Å². The second-order valence-electron chi connectivity index (χ2n) is 6.11. The Morgan fingerprint density at radius 2 is 2.07 bits per heavy atom. The highest BCUT2D eigenvalue weighted by molar-refractivity contribution is 7.15. The molecule has 4 rings (SSSR count). The predicted molar refractivity (Wildman–Crippen MR) is 99.8 cm³/mol. The number of nitrogens with zero attached hydrogens (tertiary/aromatic N) is 2. The maximum atomic E-state index is 12.9. The maximum Gasteiger partial charge on any atom is 0.343 e. The minimum atomic E-state index is -1.84. The van der Waals surface area contributed by atoms with Crippen LogP contribution in [0.15, 0.2) is 46.8 Å². The molecule has 3 heterocycles. The van der Waals surface area contributed by atoms with Gasteiger partial charge >= 0.3 is 5.69 Å². The van der Waals surface area contributed by atoms with Gasteiger partial charge in [-0.3, -0.25) is 4.57 Å². The van der Waals surface area contributed by atoms with E-state index in [2.05, 4.69) is 10.2 Å². The highest BCUT2D eigenvalue weighted by Crippen LogP contribution is 2.38. The molecule has 2 aromatic heterocycles. The van der Waals surface area contributed by atoms with E-state index in [1.165, 1.54) is 15.9 Å². The summed E-state index contributed by atoms with van der Waals surface area (Å²) < 4.78 is 37.8. The molecule has 0 saturated carbocycles. The van der Waals surface area contributed by atoms with E-state index in [0.29, 0.717) is 11.5 Å². The van der Waals surface area contributed by atoms with E-state index in [1.807, 2.05) is 30.3 Å². The number of fused-ring (bicyclic) bond motifs is 1. The van der Waals surface area contributed by atoms with Gasteiger partial charge in [-0.2, -0.15) is 13.9 Å². The molecule has 0 radical (unpaired) electrons. The zero-order chi connectivity index (χ0) is 19.7. The van der Waals surface area contributed by atoms with Gasteiger partial charge in [-0.25, -0.2) is 9.89 Å². The number of hydrogen-bond acceptors (Lipinski definition) is 6. The van der Waals surface area contributed by atoms with Crippen LogP contribution in [-0.2, 0) is 13.0 Å². The SMILES string of the molecule is NCC(Cc1n[nH]c(=O)n1Cc1ccc(-c2ccc3c(c2)OCO3)s1)=C(F)F. The van der Waals surface area contributed by atoms with Crippen molar-refractivity contribution in [2.24, 2.45) is 5.73 Å². The molecule has 0 atom stereocenters. The first-order chi connectivity index (χ1) is 13.5. The molecule has 0 saturated heterocycles. The Bertz CT molecular complexity index is 1100. The Balaban J connectivity index is 1.57. The van der Waals surface area contributed by atoms with Gasteiger partial charge in [0.2, 0.25) is 6.79 Å². The Morgan fingerprint density at radius 1 is 1.25 bits per heavy atom. The van der Waals surface area contributed by atoms with E-state index in [0.717, 1.165) is 15.3 Å². The normalized spacial score (nSPS) is 12.4. The van der Waals surface area contributed by atoms with E-state index in [4.69, 9.17) is 15.2 Å². The van der Waals surface area contributed by atoms with Crippen LogP contribution in [0.3, 0.4) is 0 Å². The molecule has 1 aliphatic rings. The summed E-state index contributed by atoms with van der Waals surface area (Å²) in [6.45, 7) is 0.141. The van der Waals surface area contributed by atoms with Crippen molar-refractivity contribution in [1.82, 2.24) is 14.8 Å². The monoisotopic (exact) mass is 406 g/mol. The average molecular weight is 406 g/mol. The molecule has 1 aliphatic heterocycles. The van der Waals surface area contributed by atoms with Crippen LogP contribution < -0.4 is 20.9 Å². The molecule has 146 valence electrons. The maximum absolute atomic E-state index is 12.9. The summed E-state index contributed by atoms with van der Waals surface area (Å²) in [5, 5.41) is 6.18. The first-order valence-corrected chi connectivity index (χ1v) is 9.22. The van der Waals surface area contributed by atoms with Gasteiger partial charge in [0.05, 0.1) is 6.54 Å². The number of aromatic amines is 1. The Kier molecular flexibility index (Phi) is 4.97. The average Bonchev–Trinajstić information content (AvgIpc) is 3.41. The van der Waals surface area contributed by atoms with Crippen molar-refractivity contribution in [3.63, 3.8) is 0 Å². The molecule has 0 bridgehead atoms. The van der Waals surface area contributed by atoms with Crippen molar-refractivity contribution in [3.05, 3.63) is 63.2 Å². The Labute approximate surface area is 162 Å². The fourth-order valence-corrected chi connectivity index (χ4v) is 3.87. The minimum Gasteiger partial charge on any atom is -0.454 e. The van der Waals surface area contributed by atoms with E-state index in [-0.39, 0.29) is 37.7 Å². The highest BCUT2D eigenvalue weighted by Gasteiger charge is 2.16. The molecule has 7 nitrogen and oxygen atoms in total.